The van der Waals surface area contributed by atoms with Crippen molar-refractivity contribution in [2.45, 2.75) is 24.2 Å². The van der Waals surface area contributed by atoms with Crippen LogP contribution in [0.15, 0.2) is 47.4 Å². The number of rotatable bonds is 6. The second-order valence-electron chi connectivity index (χ2n) is 6.63. The number of methoxy groups -OCH3 is 1. The molecule has 1 aliphatic rings. The molecule has 0 fully saturated rings. The maximum atomic E-state index is 13.0. The van der Waals surface area contributed by atoms with Crippen LogP contribution in [0.3, 0.4) is 0 Å². The molecule has 0 spiro atoms. The van der Waals surface area contributed by atoms with Gasteiger partial charge < -0.3 is 9.64 Å². The van der Waals surface area contributed by atoms with Crippen molar-refractivity contribution in [3.8, 4) is 5.75 Å². The van der Waals surface area contributed by atoms with E-state index >= 15 is 0 Å². The molecule has 0 atom stereocenters. The van der Waals surface area contributed by atoms with Gasteiger partial charge >= 0.3 is 0 Å². The number of likely N-dealkylation sites (N-methyl/N-ethyl adjacent to an activating group) is 1. The fourth-order valence-corrected chi connectivity index (χ4v) is 4.50. The summed E-state index contributed by atoms with van der Waals surface area (Å²) in [5, 5.41) is 0. The summed E-state index contributed by atoms with van der Waals surface area (Å²) in [4.78, 5) is 13.6. The predicted molar refractivity (Wildman–Crippen MR) is 105 cm³/mol. The van der Waals surface area contributed by atoms with Crippen molar-refractivity contribution in [1.29, 1.82) is 0 Å². The molecule has 0 N–H and O–H groups in total. The largest absolute Gasteiger partial charge is 0.496 e. The third-order valence-corrected chi connectivity index (χ3v) is 6.84. The van der Waals surface area contributed by atoms with E-state index in [1.165, 1.54) is 4.31 Å². The molecule has 0 saturated carbocycles. The standard InChI is InChI=1S/C20H24N2O4S/c1-21(13-12-15-6-4-5-7-19(15)26-3)27(24,25)17-9-10-18-16(14-17)8-11-20(23)22(18)2/h4-7,9-10,14H,8,11-13H2,1-3H3. The third kappa shape index (κ3) is 3.84. The molecule has 0 bridgehead atoms. The fraction of sp³-hybridized carbons (Fsp3) is 0.350. The van der Waals surface area contributed by atoms with Gasteiger partial charge in [0, 0.05) is 32.7 Å². The maximum Gasteiger partial charge on any atom is 0.242 e. The molecule has 2 aromatic carbocycles. The molecular formula is C20H24N2O4S. The highest BCUT2D eigenvalue weighted by atomic mass is 32.2. The highest BCUT2D eigenvalue weighted by Crippen LogP contribution is 2.30. The van der Waals surface area contributed by atoms with E-state index in [4.69, 9.17) is 4.74 Å². The van der Waals surface area contributed by atoms with Crippen molar-refractivity contribution >= 4 is 21.6 Å². The Labute approximate surface area is 160 Å². The second kappa shape index (κ2) is 7.70. The van der Waals surface area contributed by atoms with Crippen LogP contribution in [0.1, 0.15) is 17.5 Å². The minimum absolute atomic E-state index is 0.0482. The molecule has 144 valence electrons. The zero-order valence-corrected chi connectivity index (χ0v) is 16.6. The van der Waals surface area contributed by atoms with Crippen LogP contribution in [0.25, 0.3) is 0 Å². The Balaban J connectivity index is 1.78. The van der Waals surface area contributed by atoms with Gasteiger partial charge in [0.1, 0.15) is 5.75 Å². The molecule has 0 aromatic heterocycles. The molecule has 0 saturated heterocycles. The molecule has 0 radical (unpaired) electrons. The Morgan fingerprint density at radius 2 is 1.89 bits per heavy atom. The van der Waals surface area contributed by atoms with Gasteiger partial charge in [-0.05, 0) is 48.2 Å². The van der Waals surface area contributed by atoms with Gasteiger partial charge in [0.2, 0.25) is 15.9 Å². The fourth-order valence-electron chi connectivity index (χ4n) is 3.28. The molecule has 27 heavy (non-hydrogen) atoms. The molecule has 1 amide bonds. The number of aryl methyl sites for hydroxylation is 1. The normalized spacial score (nSPS) is 14.4. The smallest absolute Gasteiger partial charge is 0.242 e. The number of carbonyl (C=O) groups is 1. The van der Waals surface area contributed by atoms with Gasteiger partial charge in [-0.15, -0.1) is 0 Å². The van der Waals surface area contributed by atoms with E-state index in [0.717, 1.165) is 22.6 Å². The number of fused-ring (bicyclic) bond motifs is 1. The molecule has 0 unspecified atom stereocenters. The Morgan fingerprint density at radius 3 is 2.63 bits per heavy atom. The van der Waals surface area contributed by atoms with E-state index in [2.05, 4.69) is 0 Å². The van der Waals surface area contributed by atoms with E-state index in [1.54, 1.807) is 44.3 Å². The van der Waals surface area contributed by atoms with Gasteiger partial charge in [-0.1, -0.05) is 18.2 Å². The highest BCUT2D eigenvalue weighted by Gasteiger charge is 2.26. The quantitative estimate of drug-likeness (QED) is 0.762. The van der Waals surface area contributed by atoms with E-state index in [1.807, 2.05) is 24.3 Å². The summed E-state index contributed by atoms with van der Waals surface area (Å²) in [6.45, 7) is 0.345. The monoisotopic (exact) mass is 388 g/mol. The van der Waals surface area contributed by atoms with Gasteiger partial charge in [-0.2, -0.15) is 0 Å². The number of ether oxygens (including phenoxy) is 1. The van der Waals surface area contributed by atoms with E-state index in [9.17, 15) is 13.2 Å². The van der Waals surface area contributed by atoms with Crippen LogP contribution < -0.4 is 9.64 Å². The summed E-state index contributed by atoms with van der Waals surface area (Å²) in [6, 6.07) is 12.6. The Morgan fingerprint density at radius 1 is 1.15 bits per heavy atom. The van der Waals surface area contributed by atoms with Gasteiger partial charge in [-0.3, -0.25) is 4.79 Å². The molecule has 6 nitrogen and oxygen atoms in total. The number of hydrogen-bond acceptors (Lipinski definition) is 4. The number of anilines is 1. The van der Waals surface area contributed by atoms with E-state index in [-0.39, 0.29) is 10.8 Å². The summed E-state index contributed by atoms with van der Waals surface area (Å²) in [6.07, 6.45) is 1.52. The highest BCUT2D eigenvalue weighted by molar-refractivity contribution is 7.89. The lowest BCUT2D eigenvalue weighted by Crippen LogP contribution is -2.32. The zero-order valence-electron chi connectivity index (χ0n) is 15.8. The number of para-hydroxylation sites is 1. The average molecular weight is 388 g/mol. The van der Waals surface area contributed by atoms with E-state index < -0.39 is 10.0 Å². The first-order valence-corrected chi connectivity index (χ1v) is 10.3. The van der Waals surface area contributed by atoms with Crippen molar-refractivity contribution < 1.29 is 17.9 Å². The number of hydrogen-bond donors (Lipinski definition) is 0. The van der Waals surface area contributed by atoms with Crippen molar-refractivity contribution in [3.63, 3.8) is 0 Å². The SMILES string of the molecule is COc1ccccc1CCN(C)S(=O)(=O)c1ccc2c(c1)CCC(=O)N2C. The van der Waals surface area contributed by atoms with Crippen LogP contribution >= 0.6 is 0 Å². The van der Waals surface area contributed by atoms with Crippen LogP contribution in [0.5, 0.6) is 5.75 Å². The molecule has 1 heterocycles. The van der Waals surface area contributed by atoms with Gasteiger partial charge in [0.15, 0.2) is 0 Å². The van der Waals surface area contributed by atoms with Crippen molar-refractivity contribution in [3.05, 3.63) is 53.6 Å². The minimum Gasteiger partial charge on any atom is -0.496 e. The Kier molecular flexibility index (Phi) is 5.53. The van der Waals surface area contributed by atoms with Gasteiger partial charge in [0.05, 0.1) is 12.0 Å². The van der Waals surface area contributed by atoms with Gasteiger partial charge in [0.25, 0.3) is 0 Å². The number of benzene rings is 2. The summed E-state index contributed by atoms with van der Waals surface area (Å²) < 4.78 is 32.6. The van der Waals surface area contributed by atoms with E-state index in [0.29, 0.717) is 25.8 Å². The van der Waals surface area contributed by atoms with Crippen molar-refractivity contribution in [2.75, 3.05) is 32.6 Å². The lowest BCUT2D eigenvalue weighted by Gasteiger charge is -2.26. The predicted octanol–water partition coefficient (Wildman–Crippen LogP) is 2.47. The molecule has 7 heteroatoms. The van der Waals surface area contributed by atoms with Crippen LogP contribution in [0.2, 0.25) is 0 Å². The Hall–Kier alpha value is -2.38. The molecule has 1 aliphatic heterocycles. The summed E-state index contributed by atoms with van der Waals surface area (Å²) >= 11 is 0. The van der Waals surface area contributed by atoms with Crippen molar-refractivity contribution in [2.24, 2.45) is 0 Å². The topological polar surface area (TPSA) is 66.9 Å². The van der Waals surface area contributed by atoms with Gasteiger partial charge in [-0.25, -0.2) is 12.7 Å². The second-order valence-corrected chi connectivity index (χ2v) is 8.68. The third-order valence-electron chi connectivity index (χ3n) is 4.99. The van der Waals surface area contributed by atoms with Crippen molar-refractivity contribution in [1.82, 2.24) is 4.31 Å². The molecular weight excluding hydrogens is 364 g/mol. The Bertz CT molecular complexity index is 956. The molecule has 2 aromatic rings. The summed E-state index contributed by atoms with van der Waals surface area (Å²) in [5.41, 5.74) is 2.63. The lowest BCUT2D eigenvalue weighted by atomic mass is 10.0. The number of nitrogens with zero attached hydrogens (tertiary/aromatic N) is 2. The number of carbonyl (C=O) groups excluding carboxylic acids is 1. The van der Waals surface area contributed by atoms with Crippen LogP contribution in [-0.4, -0.2) is 46.4 Å². The maximum absolute atomic E-state index is 13.0. The summed E-state index contributed by atoms with van der Waals surface area (Å²) in [7, 11) is 1.30. The molecule has 0 aliphatic carbocycles. The average Bonchev–Trinajstić information content (AvgIpc) is 2.68. The first-order chi connectivity index (χ1) is 12.8. The van der Waals surface area contributed by atoms with Crippen LogP contribution in [0, 0.1) is 0 Å². The molecule has 3 rings (SSSR count). The van der Waals surface area contributed by atoms with Crippen LogP contribution in [-0.2, 0) is 27.7 Å². The summed E-state index contributed by atoms with van der Waals surface area (Å²) in [5.74, 6) is 0.803. The van der Waals surface area contributed by atoms with Crippen LogP contribution in [0.4, 0.5) is 5.69 Å². The zero-order chi connectivity index (χ0) is 19.6. The number of amides is 1. The number of sulfonamides is 1. The minimum atomic E-state index is -3.60. The first-order valence-electron chi connectivity index (χ1n) is 8.82. The lowest BCUT2D eigenvalue weighted by molar-refractivity contribution is -0.118. The first kappa shape index (κ1) is 19.4.